The molecule has 112 valence electrons. The van der Waals surface area contributed by atoms with Crippen molar-refractivity contribution in [3.8, 4) is 17.2 Å². The quantitative estimate of drug-likeness (QED) is 0.597. The van der Waals surface area contributed by atoms with Crippen LogP contribution < -0.4 is 4.74 Å². The zero-order chi connectivity index (χ0) is 15.1. The minimum absolute atomic E-state index is 0.190. The van der Waals surface area contributed by atoms with Crippen molar-refractivity contribution < 1.29 is 19.7 Å². The first kappa shape index (κ1) is 15.2. The van der Waals surface area contributed by atoms with Crippen LogP contribution in [0.3, 0.4) is 0 Å². The van der Waals surface area contributed by atoms with Gasteiger partial charge in [-0.15, -0.1) is 0 Å². The monoisotopic (exact) mass is 288 g/mol. The largest absolute Gasteiger partial charge is 0.508 e. The summed E-state index contributed by atoms with van der Waals surface area (Å²) >= 11 is 0. The first-order valence-corrected chi connectivity index (χ1v) is 7.05. The minimum Gasteiger partial charge on any atom is -0.508 e. The second kappa shape index (κ2) is 7.55. The Hall–Kier alpha value is -2.20. The van der Waals surface area contributed by atoms with Gasteiger partial charge in [0, 0.05) is 5.56 Å². The summed E-state index contributed by atoms with van der Waals surface area (Å²) in [5.41, 5.74) is 0.831. The molecule has 2 aromatic rings. The third-order valence-corrected chi connectivity index (χ3v) is 3.01. The number of hydrogen-bond acceptors (Lipinski definition) is 4. The van der Waals surface area contributed by atoms with Gasteiger partial charge in [0.05, 0.1) is 6.61 Å². The summed E-state index contributed by atoms with van der Waals surface area (Å²) in [5.74, 6) is 1.01. The number of phenols is 2. The number of phenolic OH excluding ortho intramolecular Hbond substituents is 2. The van der Waals surface area contributed by atoms with Crippen molar-refractivity contribution in [2.75, 3.05) is 6.61 Å². The third-order valence-electron chi connectivity index (χ3n) is 3.01. The number of unbranched alkanes of at least 4 members (excludes halogenated alkanes) is 1. The van der Waals surface area contributed by atoms with Crippen LogP contribution in [0.4, 0.5) is 0 Å². The zero-order valence-corrected chi connectivity index (χ0v) is 12.0. The van der Waals surface area contributed by atoms with Crippen molar-refractivity contribution in [1.29, 1.82) is 0 Å². The highest BCUT2D eigenvalue weighted by atomic mass is 16.7. The van der Waals surface area contributed by atoms with E-state index in [0.717, 1.165) is 18.4 Å². The van der Waals surface area contributed by atoms with Crippen molar-refractivity contribution in [2.45, 2.75) is 26.1 Å². The van der Waals surface area contributed by atoms with Gasteiger partial charge >= 0.3 is 0 Å². The van der Waals surface area contributed by atoms with Crippen LogP contribution in [-0.2, 0) is 4.74 Å². The fraction of sp³-hybridized carbons (Fsp3) is 0.294. The molecule has 2 N–H and O–H groups in total. The molecule has 2 aromatic carbocycles. The molecule has 0 saturated carbocycles. The summed E-state index contributed by atoms with van der Waals surface area (Å²) in [6.45, 7) is 2.69. The van der Waals surface area contributed by atoms with Gasteiger partial charge < -0.3 is 19.7 Å². The Morgan fingerprint density at radius 1 is 0.905 bits per heavy atom. The molecule has 21 heavy (non-hydrogen) atoms. The maximum Gasteiger partial charge on any atom is 0.226 e. The first-order valence-electron chi connectivity index (χ1n) is 7.05. The first-order chi connectivity index (χ1) is 10.2. The zero-order valence-electron chi connectivity index (χ0n) is 12.0. The summed E-state index contributed by atoms with van der Waals surface area (Å²) in [7, 11) is 0. The second-order valence-electron chi connectivity index (χ2n) is 4.76. The predicted octanol–water partition coefficient (Wildman–Crippen LogP) is 3.99. The summed E-state index contributed by atoms with van der Waals surface area (Å²) in [5, 5.41) is 18.7. The summed E-state index contributed by atoms with van der Waals surface area (Å²) in [4.78, 5) is 0. The lowest BCUT2D eigenvalue weighted by atomic mass is 10.2. The molecule has 2 rings (SSSR count). The van der Waals surface area contributed by atoms with Crippen LogP contribution in [0.15, 0.2) is 48.5 Å². The van der Waals surface area contributed by atoms with Crippen molar-refractivity contribution in [3.63, 3.8) is 0 Å². The number of benzene rings is 2. The van der Waals surface area contributed by atoms with E-state index in [4.69, 9.17) is 9.47 Å². The highest BCUT2D eigenvalue weighted by Gasteiger charge is 2.14. The van der Waals surface area contributed by atoms with E-state index in [1.165, 1.54) is 0 Å². The van der Waals surface area contributed by atoms with Gasteiger partial charge in [0.2, 0.25) is 6.29 Å². The molecule has 0 aliphatic rings. The topological polar surface area (TPSA) is 58.9 Å². The number of ether oxygens (including phenoxy) is 2. The average Bonchev–Trinajstić information content (AvgIpc) is 2.49. The van der Waals surface area contributed by atoms with Gasteiger partial charge in [-0.3, -0.25) is 0 Å². The van der Waals surface area contributed by atoms with Gasteiger partial charge in [-0.25, -0.2) is 0 Å². The fourth-order valence-electron chi connectivity index (χ4n) is 1.81. The fourth-order valence-corrected chi connectivity index (χ4v) is 1.81. The molecule has 0 radical (unpaired) electrons. The Bertz CT molecular complexity index is 534. The lowest BCUT2D eigenvalue weighted by molar-refractivity contribution is -0.0844. The summed E-state index contributed by atoms with van der Waals surface area (Å²) < 4.78 is 11.6. The van der Waals surface area contributed by atoms with E-state index < -0.39 is 6.29 Å². The smallest absolute Gasteiger partial charge is 0.226 e. The van der Waals surface area contributed by atoms with Crippen LogP contribution in [-0.4, -0.2) is 16.8 Å². The van der Waals surface area contributed by atoms with Gasteiger partial charge in [-0.2, -0.15) is 0 Å². The molecule has 4 nitrogen and oxygen atoms in total. The van der Waals surface area contributed by atoms with E-state index in [2.05, 4.69) is 6.92 Å². The summed E-state index contributed by atoms with van der Waals surface area (Å²) in [6.07, 6.45) is 1.45. The molecule has 0 spiro atoms. The van der Waals surface area contributed by atoms with Gasteiger partial charge in [-0.1, -0.05) is 13.3 Å². The van der Waals surface area contributed by atoms with Gasteiger partial charge in [-0.05, 0) is 55.0 Å². The number of aromatic hydroxyl groups is 2. The predicted molar refractivity (Wildman–Crippen MR) is 80.4 cm³/mol. The molecule has 0 aliphatic carbocycles. The Balaban J connectivity index is 2.11. The maximum atomic E-state index is 9.36. The highest BCUT2D eigenvalue weighted by Crippen LogP contribution is 2.26. The lowest BCUT2D eigenvalue weighted by Crippen LogP contribution is -2.12. The average molecular weight is 288 g/mol. The highest BCUT2D eigenvalue weighted by molar-refractivity contribution is 5.31. The molecule has 0 aliphatic heterocycles. The third kappa shape index (κ3) is 4.68. The SMILES string of the molecule is CCCCOC(Oc1ccc(O)cc1)c1ccc(O)cc1. The van der Waals surface area contributed by atoms with Gasteiger partial charge in [0.15, 0.2) is 0 Å². The number of rotatable bonds is 7. The molecule has 0 amide bonds. The maximum absolute atomic E-state index is 9.36. The molecule has 0 bridgehead atoms. The summed E-state index contributed by atoms with van der Waals surface area (Å²) in [6, 6.07) is 13.2. The molecule has 0 aromatic heterocycles. The molecule has 1 unspecified atom stereocenters. The molecule has 0 heterocycles. The van der Waals surface area contributed by atoms with Gasteiger partial charge in [0.25, 0.3) is 0 Å². The second-order valence-corrected chi connectivity index (χ2v) is 4.76. The van der Waals surface area contributed by atoms with Crippen LogP contribution in [0.25, 0.3) is 0 Å². The van der Waals surface area contributed by atoms with Crippen LogP contribution in [0.1, 0.15) is 31.6 Å². The Morgan fingerprint density at radius 3 is 2.05 bits per heavy atom. The lowest BCUT2D eigenvalue weighted by Gasteiger charge is -2.20. The normalized spacial score (nSPS) is 12.0. The van der Waals surface area contributed by atoms with Crippen molar-refractivity contribution >= 4 is 0 Å². The van der Waals surface area contributed by atoms with E-state index in [1.807, 2.05) is 0 Å². The van der Waals surface area contributed by atoms with E-state index >= 15 is 0 Å². The Kier molecular flexibility index (Phi) is 5.46. The van der Waals surface area contributed by atoms with Crippen molar-refractivity contribution in [3.05, 3.63) is 54.1 Å². The van der Waals surface area contributed by atoms with Crippen LogP contribution in [0, 0.1) is 0 Å². The molecule has 1 atom stereocenters. The molecular formula is C17H20O4. The van der Waals surface area contributed by atoms with Crippen LogP contribution >= 0.6 is 0 Å². The Morgan fingerprint density at radius 2 is 1.48 bits per heavy atom. The van der Waals surface area contributed by atoms with Gasteiger partial charge in [0.1, 0.15) is 17.2 Å². The van der Waals surface area contributed by atoms with E-state index in [0.29, 0.717) is 12.4 Å². The molecule has 0 fully saturated rings. The van der Waals surface area contributed by atoms with Crippen LogP contribution in [0.5, 0.6) is 17.2 Å². The van der Waals surface area contributed by atoms with E-state index in [1.54, 1.807) is 48.5 Å². The van der Waals surface area contributed by atoms with E-state index in [9.17, 15) is 10.2 Å². The molecule has 0 saturated heterocycles. The molecular weight excluding hydrogens is 268 g/mol. The molecule has 4 heteroatoms. The number of hydrogen-bond donors (Lipinski definition) is 2. The van der Waals surface area contributed by atoms with Crippen molar-refractivity contribution in [2.24, 2.45) is 0 Å². The van der Waals surface area contributed by atoms with E-state index in [-0.39, 0.29) is 11.5 Å². The van der Waals surface area contributed by atoms with Crippen LogP contribution in [0.2, 0.25) is 0 Å². The Labute approximate surface area is 124 Å². The van der Waals surface area contributed by atoms with Crippen molar-refractivity contribution in [1.82, 2.24) is 0 Å². The minimum atomic E-state index is -0.540. The standard InChI is InChI=1S/C17H20O4/c1-2-3-12-20-17(13-4-6-14(18)7-5-13)21-16-10-8-15(19)9-11-16/h4-11,17-19H,2-3,12H2,1H3.